The number of carbonyl (C=O) groups is 1. The Labute approximate surface area is 183 Å². The average Bonchev–Trinajstić information content (AvgIpc) is 3.34. The van der Waals surface area contributed by atoms with Crippen LogP contribution in [0.25, 0.3) is 0 Å². The number of pyridine rings is 1. The van der Waals surface area contributed by atoms with E-state index in [1.165, 1.54) is 0 Å². The van der Waals surface area contributed by atoms with Gasteiger partial charge in [-0.05, 0) is 31.0 Å². The number of nitrogens with zero attached hydrogens (tertiary/aromatic N) is 4. The Bertz CT molecular complexity index is 893. The number of aliphatic carboxylic acids is 1. The third-order valence-corrected chi connectivity index (χ3v) is 5.41. The normalized spacial score (nSPS) is 22.2. The summed E-state index contributed by atoms with van der Waals surface area (Å²) < 4.78 is 43.7. The number of aryl methyl sites for hydroxylation is 2. The summed E-state index contributed by atoms with van der Waals surface area (Å²) in [7, 11) is 0. The zero-order valence-corrected chi connectivity index (χ0v) is 17.7. The van der Waals surface area contributed by atoms with Crippen LogP contribution in [0.4, 0.5) is 19.1 Å². The number of anilines is 1. The lowest BCUT2D eigenvalue weighted by Crippen LogP contribution is -2.27. The van der Waals surface area contributed by atoms with Crippen molar-refractivity contribution >= 4 is 11.9 Å². The van der Waals surface area contributed by atoms with Crippen LogP contribution < -0.4 is 9.64 Å². The molecule has 4 rings (SSSR count). The lowest BCUT2D eigenvalue weighted by molar-refractivity contribution is -0.192. The van der Waals surface area contributed by atoms with Crippen molar-refractivity contribution in [2.75, 3.05) is 31.2 Å². The van der Waals surface area contributed by atoms with Gasteiger partial charge in [0, 0.05) is 43.0 Å². The van der Waals surface area contributed by atoms with Gasteiger partial charge in [0.05, 0.1) is 25.5 Å². The lowest BCUT2D eigenvalue weighted by atomic mass is 9.94. The smallest absolute Gasteiger partial charge is 0.490 e. The largest absolute Gasteiger partial charge is 0.492 e. The molecule has 2 aromatic heterocycles. The molecule has 2 fully saturated rings. The number of ether oxygens (including phenoxy) is 2. The third kappa shape index (κ3) is 6.06. The van der Waals surface area contributed by atoms with Gasteiger partial charge in [0.15, 0.2) is 0 Å². The topological polar surface area (TPSA) is 97.7 Å². The highest BCUT2D eigenvalue weighted by molar-refractivity contribution is 5.73. The first kappa shape index (κ1) is 23.7. The Balaban J connectivity index is 0.000000360. The number of aromatic nitrogens is 3. The van der Waals surface area contributed by atoms with E-state index < -0.39 is 12.1 Å². The number of fused-ring (bicyclic) bond motifs is 1. The predicted octanol–water partition coefficient (Wildman–Crippen LogP) is 2.91. The molecule has 0 aliphatic carbocycles. The summed E-state index contributed by atoms with van der Waals surface area (Å²) in [5.41, 5.74) is 2.16. The van der Waals surface area contributed by atoms with E-state index in [1.807, 2.05) is 31.5 Å². The van der Waals surface area contributed by atoms with Gasteiger partial charge in [-0.15, -0.1) is 0 Å². The summed E-state index contributed by atoms with van der Waals surface area (Å²) in [6.45, 7) is 7.30. The van der Waals surface area contributed by atoms with Gasteiger partial charge in [0.25, 0.3) is 0 Å². The summed E-state index contributed by atoms with van der Waals surface area (Å²) in [5.74, 6) is -0.272. The monoisotopic (exact) mass is 454 g/mol. The molecule has 0 radical (unpaired) electrons. The van der Waals surface area contributed by atoms with E-state index in [4.69, 9.17) is 19.4 Å². The number of carboxylic acids is 1. The third-order valence-electron chi connectivity index (χ3n) is 5.41. The quantitative estimate of drug-likeness (QED) is 0.737. The molecule has 32 heavy (non-hydrogen) atoms. The maximum Gasteiger partial charge on any atom is 0.490 e. The fraction of sp³-hybridized carbons (Fsp3) is 0.524. The van der Waals surface area contributed by atoms with Crippen LogP contribution in [0.15, 0.2) is 30.7 Å². The van der Waals surface area contributed by atoms with E-state index >= 15 is 0 Å². The standard InChI is InChI=1S/C19H24N4O2.C2HF3O2/c1-3-14-6-21-19(22-7-14)23-9-17-15(12-25-18(17)10-23)11-24-16-5-4-13(2)20-8-16;3-2(4,5)1(6)7/h4-8,15,17-18H,3,9-12H2,1-2H3;(H,6,7)/t15-,17-,18-;/m1./s1. The van der Waals surface area contributed by atoms with Gasteiger partial charge in [-0.1, -0.05) is 6.92 Å². The van der Waals surface area contributed by atoms with Crippen LogP contribution in [0.3, 0.4) is 0 Å². The van der Waals surface area contributed by atoms with Crippen molar-refractivity contribution in [1.29, 1.82) is 0 Å². The number of rotatable bonds is 5. The van der Waals surface area contributed by atoms with Crippen LogP contribution in [0.5, 0.6) is 5.75 Å². The highest BCUT2D eigenvalue weighted by Crippen LogP contribution is 2.35. The molecule has 0 bridgehead atoms. The fourth-order valence-electron chi connectivity index (χ4n) is 3.57. The van der Waals surface area contributed by atoms with Gasteiger partial charge < -0.3 is 19.5 Å². The summed E-state index contributed by atoms with van der Waals surface area (Å²) in [4.78, 5) is 24.4. The molecule has 0 saturated carbocycles. The zero-order chi connectivity index (χ0) is 23.3. The zero-order valence-electron chi connectivity index (χ0n) is 17.7. The molecule has 0 spiro atoms. The first-order valence-corrected chi connectivity index (χ1v) is 10.2. The Hall–Kier alpha value is -2.95. The van der Waals surface area contributed by atoms with Crippen LogP contribution in [0.1, 0.15) is 18.2 Å². The minimum atomic E-state index is -5.08. The molecule has 2 aliphatic rings. The SMILES string of the molecule is CCc1cnc(N2C[C@@H]3[C@H](COc4ccc(C)nc4)CO[C@@H]3C2)nc1.O=C(O)C(F)(F)F. The Morgan fingerprint density at radius 1 is 1.22 bits per heavy atom. The number of hydrogen-bond donors (Lipinski definition) is 1. The highest BCUT2D eigenvalue weighted by Gasteiger charge is 2.44. The van der Waals surface area contributed by atoms with Gasteiger partial charge >= 0.3 is 12.1 Å². The summed E-state index contributed by atoms with van der Waals surface area (Å²) in [6.07, 6.45) is 1.75. The van der Waals surface area contributed by atoms with Crippen LogP contribution in [0.2, 0.25) is 0 Å². The lowest BCUT2D eigenvalue weighted by Gasteiger charge is -2.20. The number of halogens is 3. The molecule has 1 N–H and O–H groups in total. The molecule has 8 nitrogen and oxygen atoms in total. The second-order valence-corrected chi connectivity index (χ2v) is 7.69. The molecule has 0 aromatic carbocycles. The van der Waals surface area contributed by atoms with E-state index in [9.17, 15) is 13.2 Å². The van der Waals surface area contributed by atoms with Crippen molar-refractivity contribution in [1.82, 2.24) is 15.0 Å². The molecule has 0 unspecified atom stereocenters. The van der Waals surface area contributed by atoms with Crippen LogP contribution in [-0.2, 0) is 16.0 Å². The minimum absolute atomic E-state index is 0.249. The van der Waals surface area contributed by atoms with Crippen LogP contribution >= 0.6 is 0 Å². The van der Waals surface area contributed by atoms with Gasteiger partial charge in [0.2, 0.25) is 5.95 Å². The van der Waals surface area contributed by atoms with E-state index in [0.717, 1.165) is 49.1 Å². The molecule has 174 valence electrons. The molecule has 0 amide bonds. The second-order valence-electron chi connectivity index (χ2n) is 7.69. The van der Waals surface area contributed by atoms with Crippen molar-refractivity contribution < 1.29 is 32.5 Å². The van der Waals surface area contributed by atoms with Crippen LogP contribution in [0, 0.1) is 18.8 Å². The predicted molar refractivity (Wildman–Crippen MR) is 109 cm³/mol. The van der Waals surface area contributed by atoms with Crippen molar-refractivity contribution in [3.63, 3.8) is 0 Å². The maximum absolute atomic E-state index is 10.6. The van der Waals surface area contributed by atoms with E-state index in [1.54, 1.807) is 6.20 Å². The minimum Gasteiger partial charge on any atom is -0.492 e. The summed E-state index contributed by atoms with van der Waals surface area (Å²) >= 11 is 0. The Kier molecular flexibility index (Phi) is 7.49. The van der Waals surface area contributed by atoms with Crippen LogP contribution in [-0.4, -0.2) is 64.6 Å². The number of carboxylic acid groups (broad SMARTS) is 1. The van der Waals surface area contributed by atoms with E-state index in [0.29, 0.717) is 18.4 Å². The van der Waals surface area contributed by atoms with E-state index in [2.05, 4.69) is 26.8 Å². The van der Waals surface area contributed by atoms with Gasteiger partial charge in [-0.3, -0.25) is 4.98 Å². The summed E-state index contributed by atoms with van der Waals surface area (Å²) in [6, 6.07) is 3.94. The number of alkyl halides is 3. The van der Waals surface area contributed by atoms with Crippen molar-refractivity contribution in [2.24, 2.45) is 11.8 Å². The van der Waals surface area contributed by atoms with E-state index in [-0.39, 0.29) is 6.10 Å². The van der Waals surface area contributed by atoms with Crippen molar-refractivity contribution in [3.8, 4) is 5.75 Å². The molecule has 2 aromatic rings. The molecule has 3 atom stereocenters. The van der Waals surface area contributed by atoms with Crippen molar-refractivity contribution in [2.45, 2.75) is 32.5 Å². The molecule has 11 heteroatoms. The average molecular weight is 454 g/mol. The molecule has 2 saturated heterocycles. The number of hydrogen-bond acceptors (Lipinski definition) is 7. The molecule has 4 heterocycles. The van der Waals surface area contributed by atoms with Crippen molar-refractivity contribution in [3.05, 3.63) is 42.0 Å². The van der Waals surface area contributed by atoms with Gasteiger partial charge in [0.1, 0.15) is 5.75 Å². The molecule has 2 aliphatic heterocycles. The molecular formula is C21H25F3N4O4. The Morgan fingerprint density at radius 2 is 1.91 bits per heavy atom. The Morgan fingerprint density at radius 3 is 2.47 bits per heavy atom. The van der Waals surface area contributed by atoms with Gasteiger partial charge in [-0.25, -0.2) is 14.8 Å². The van der Waals surface area contributed by atoms with Gasteiger partial charge in [-0.2, -0.15) is 13.2 Å². The second kappa shape index (κ2) is 10.1. The highest BCUT2D eigenvalue weighted by atomic mass is 19.4. The maximum atomic E-state index is 10.6. The first-order valence-electron chi connectivity index (χ1n) is 10.2. The summed E-state index contributed by atoms with van der Waals surface area (Å²) in [5, 5.41) is 7.12. The fourth-order valence-corrected chi connectivity index (χ4v) is 3.57. The first-order chi connectivity index (χ1) is 15.2. The molecular weight excluding hydrogens is 429 g/mol.